The maximum atomic E-state index is 15.8. The summed E-state index contributed by atoms with van der Waals surface area (Å²) >= 11 is 12.3. The van der Waals surface area contributed by atoms with E-state index in [0.717, 1.165) is 12.8 Å². The van der Waals surface area contributed by atoms with Gasteiger partial charge in [-0.3, -0.25) is 9.59 Å². The molecule has 3 aliphatic carbocycles. The number of rotatable bonds is 36. The predicted molar refractivity (Wildman–Crippen MR) is 388 cm³/mol. The molecule has 6 heterocycles. The van der Waals surface area contributed by atoms with Gasteiger partial charge in [-0.25, -0.2) is 0 Å². The minimum Gasteiger partial charge on any atom is -0.299 e. The van der Waals surface area contributed by atoms with Gasteiger partial charge < -0.3 is 0 Å². The second-order valence-corrected chi connectivity index (χ2v) is 35.6. The first-order valence-electron chi connectivity index (χ1n) is 36.0. The molecule has 476 valence electrons. The summed E-state index contributed by atoms with van der Waals surface area (Å²) in [5.41, 5.74) is 5.74. The molecule has 4 aromatic heterocycles. The number of carbonyl (C=O) groups excluding carboxylic acids is 2. The Morgan fingerprint density at radius 3 is 1.27 bits per heavy atom. The monoisotopic (exact) mass is 1290 g/mol. The number of ketones is 2. The highest BCUT2D eigenvalue weighted by molar-refractivity contribution is 8.01. The van der Waals surface area contributed by atoms with Crippen molar-refractivity contribution in [3.8, 4) is 19.5 Å². The molecule has 88 heavy (non-hydrogen) atoms. The Labute approximate surface area is 558 Å². The second-order valence-electron chi connectivity index (χ2n) is 28.9. The van der Waals surface area contributed by atoms with Crippen molar-refractivity contribution in [2.24, 2.45) is 23.7 Å². The molecule has 2 nitrogen and oxygen atoms in total. The van der Waals surface area contributed by atoms with Crippen LogP contribution in [0.1, 0.15) is 313 Å². The lowest BCUT2D eigenvalue weighted by molar-refractivity contribution is -0.127. The van der Waals surface area contributed by atoms with Crippen molar-refractivity contribution in [3.05, 3.63) is 127 Å². The summed E-state index contributed by atoms with van der Waals surface area (Å²) in [6, 6.07) is 31.9. The van der Waals surface area contributed by atoms with Gasteiger partial charge in [-0.1, -0.05) is 270 Å². The minimum absolute atomic E-state index is 0.0314. The number of hydrogen-bond acceptors (Lipinski definition) is 8. The van der Waals surface area contributed by atoms with Gasteiger partial charge in [-0.15, -0.1) is 68.9 Å². The van der Waals surface area contributed by atoms with Crippen LogP contribution in [0.5, 0.6) is 0 Å². The van der Waals surface area contributed by atoms with Gasteiger partial charge in [0, 0.05) is 82.0 Å². The number of Topliss-reactive ketones (excluding diaryl/α,β-unsaturated/α-hetero) is 2. The standard InChI is InChI=1S/C80H108O2S6/c1-9-13-17-21-23-27-33-40-53(39-31-25-19-15-11-3)65-73(63-48-47-61(83-63)62-49-50-64(84-62)79(5,6)55-43-35-29-36-44-55)87-76-67-69(81)57-51-60-58(52-59(57)71(67)85-74(65)76)70(82)68-72(60)86-75-66(78(88-77(68)75)80(7,8)56-45-37-30-38-46-56)54(41-32-26-20-16-12-4)42-34-28-24-22-18-14-10-2/h29-30,35-38,43-50,53-54,57-60,67-68,71-72H,9-28,31-34,39-42,51-52H2,1-8H3. The molecule has 2 aromatic carbocycles. The van der Waals surface area contributed by atoms with Gasteiger partial charge in [0.1, 0.15) is 11.6 Å². The van der Waals surface area contributed by atoms with Crippen molar-refractivity contribution in [1.82, 2.24) is 0 Å². The fourth-order valence-corrected chi connectivity index (χ4v) is 26.7. The summed E-state index contributed by atoms with van der Waals surface area (Å²) in [5, 5.41) is 0.509. The van der Waals surface area contributed by atoms with E-state index in [4.69, 9.17) is 0 Å². The zero-order chi connectivity index (χ0) is 61.4. The number of fused-ring (bicyclic) bond motifs is 10. The number of carbonyl (C=O) groups is 2. The molecule has 6 aromatic rings. The first kappa shape index (κ1) is 66.7. The third kappa shape index (κ3) is 14.2. The van der Waals surface area contributed by atoms with Crippen molar-refractivity contribution in [2.75, 3.05) is 0 Å². The molecule has 3 saturated carbocycles. The molecule has 0 N–H and O–H groups in total. The predicted octanol–water partition coefficient (Wildman–Crippen LogP) is 26.3. The summed E-state index contributed by atoms with van der Waals surface area (Å²) in [7, 11) is 0. The molecular weight excluding hydrogens is 1190 g/mol. The Bertz CT molecular complexity index is 3190. The molecule has 11 rings (SSSR count). The fraction of sp³-hybridized carbons (Fsp3) is 0.625. The number of unbranched alkanes of at least 4 members (excludes halogenated alkanes) is 20. The summed E-state index contributed by atoms with van der Waals surface area (Å²) < 4.78 is 0. The molecular formula is C80H108O2S6. The number of benzene rings is 2. The maximum absolute atomic E-state index is 15.8. The van der Waals surface area contributed by atoms with Gasteiger partial charge >= 0.3 is 0 Å². The Kier molecular flexibility index (Phi) is 23.5. The first-order valence-corrected chi connectivity index (χ1v) is 41.0. The molecule has 0 bridgehead atoms. The van der Waals surface area contributed by atoms with E-state index in [9.17, 15) is 0 Å². The van der Waals surface area contributed by atoms with Crippen molar-refractivity contribution in [3.63, 3.8) is 0 Å². The van der Waals surface area contributed by atoms with Crippen molar-refractivity contribution in [1.29, 1.82) is 0 Å². The third-order valence-corrected chi connectivity index (χ3v) is 31.3. The highest BCUT2D eigenvalue weighted by Gasteiger charge is 2.65. The summed E-state index contributed by atoms with van der Waals surface area (Å²) in [5.74, 6) is 2.66. The summed E-state index contributed by atoms with van der Waals surface area (Å²) in [6.07, 6.45) is 38.5. The smallest absolute Gasteiger partial charge is 0.145 e. The highest BCUT2D eigenvalue weighted by atomic mass is 32.2. The van der Waals surface area contributed by atoms with Gasteiger partial charge in [0.05, 0.1) is 11.8 Å². The Morgan fingerprint density at radius 1 is 0.409 bits per heavy atom. The van der Waals surface area contributed by atoms with E-state index in [1.165, 1.54) is 240 Å². The zero-order valence-electron chi connectivity index (χ0n) is 55.3. The first-order chi connectivity index (χ1) is 42.9. The van der Waals surface area contributed by atoms with Crippen molar-refractivity contribution >= 4 is 80.4 Å². The summed E-state index contributed by atoms with van der Waals surface area (Å²) in [4.78, 5) is 45.9. The Morgan fingerprint density at radius 2 is 0.795 bits per heavy atom. The average molecular weight is 1290 g/mol. The van der Waals surface area contributed by atoms with E-state index in [2.05, 4.69) is 164 Å². The van der Waals surface area contributed by atoms with Gasteiger partial charge in [0.15, 0.2) is 0 Å². The number of thiophene rings is 4. The van der Waals surface area contributed by atoms with Crippen molar-refractivity contribution in [2.45, 2.75) is 303 Å². The van der Waals surface area contributed by atoms with Crippen LogP contribution in [0.4, 0.5) is 0 Å². The van der Waals surface area contributed by atoms with E-state index in [-0.39, 0.29) is 56.8 Å². The molecule has 5 aliphatic rings. The van der Waals surface area contributed by atoms with Gasteiger partial charge in [-0.05, 0) is 109 Å². The normalized spacial score (nSPS) is 22.7. The molecule has 3 fully saturated rings. The molecule has 0 amide bonds. The molecule has 8 heteroatoms. The lowest BCUT2D eigenvalue weighted by atomic mass is 9.70. The largest absolute Gasteiger partial charge is 0.299 e. The van der Waals surface area contributed by atoms with Crippen LogP contribution in [0.3, 0.4) is 0 Å². The Balaban J connectivity index is 0.893. The lowest BCUT2D eigenvalue weighted by Gasteiger charge is -2.37. The van der Waals surface area contributed by atoms with Crippen LogP contribution in [0.25, 0.3) is 19.5 Å². The summed E-state index contributed by atoms with van der Waals surface area (Å²) in [6.45, 7) is 19.0. The van der Waals surface area contributed by atoms with Crippen LogP contribution in [-0.2, 0) is 20.4 Å². The van der Waals surface area contributed by atoms with Crippen LogP contribution < -0.4 is 0 Å². The molecule has 10 unspecified atom stereocenters. The van der Waals surface area contributed by atoms with Crippen LogP contribution >= 0.6 is 68.9 Å². The van der Waals surface area contributed by atoms with Crippen LogP contribution in [0.2, 0.25) is 0 Å². The van der Waals surface area contributed by atoms with E-state index in [1.807, 2.05) is 45.3 Å². The molecule has 10 atom stereocenters. The average Bonchev–Trinajstić information content (AvgIpc) is 1.55. The lowest BCUT2D eigenvalue weighted by Crippen LogP contribution is -2.36. The van der Waals surface area contributed by atoms with E-state index >= 15 is 9.59 Å². The number of hydrogen-bond donors (Lipinski definition) is 0. The van der Waals surface area contributed by atoms with E-state index in [1.54, 1.807) is 11.1 Å². The van der Waals surface area contributed by atoms with E-state index in [0.29, 0.717) is 23.4 Å². The second kappa shape index (κ2) is 31.0. The van der Waals surface area contributed by atoms with Crippen LogP contribution in [0.15, 0.2) is 94.7 Å². The van der Waals surface area contributed by atoms with Crippen LogP contribution in [-0.4, -0.2) is 22.1 Å². The molecule has 0 radical (unpaired) electrons. The Hall–Kier alpha value is -2.72. The highest BCUT2D eigenvalue weighted by Crippen LogP contribution is 2.70. The minimum atomic E-state index is -0.157. The SMILES string of the molecule is CCCCCCCCCC(CCCCCCC)c1c(-c2ccc(-c3ccc(C(C)(C)c4ccccc4)s3)s2)sc2c1SC1C2C(=O)C2CC3C(CC21)C(=O)C1c2sc(C(C)(C)c4ccccc4)c(C(CCCCCCC)CCCCCCCCC)c2SC13. The molecule has 2 aliphatic heterocycles. The topological polar surface area (TPSA) is 34.1 Å². The fourth-order valence-electron chi connectivity index (χ4n) is 16.9. The molecule has 0 saturated heterocycles. The van der Waals surface area contributed by atoms with E-state index < -0.39 is 0 Å². The number of thioether (sulfide) groups is 2. The van der Waals surface area contributed by atoms with Crippen molar-refractivity contribution < 1.29 is 9.59 Å². The van der Waals surface area contributed by atoms with Crippen LogP contribution in [0, 0.1) is 23.7 Å². The maximum Gasteiger partial charge on any atom is 0.145 e. The molecule has 0 spiro atoms. The van der Waals surface area contributed by atoms with Gasteiger partial charge in [0.25, 0.3) is 0 Å². The third-order valence-electron chi connectivity index (χ3n) is 22.1. The zero-order valence-corrected chi connectivity index (χ0v) is 60.2. The van der Waals surface area contributed by atoms with Gasteiger partial charge in [0.2, 0.25) is 0 Å². The quantitative estimate of drug-likeness (QED) is 0.0367. The van der Waals surface area contributed by atoms with Gasteiger partial charge in [-0.2, -0.15) is 0 Å².